The maximum absolute atomic E-state index is 11.9. The molecule has 1 aromatic rings. The smallest absolute Gasteiger partial charge is 0.338 e. The molecule has 0 fully saturated rings. The van der Waals surface area contributed by atoms with Crippen molar-refractivity contribution in [1.29, 1.82) is 0 Å². The molecule has 0 amide bonds. The number of hydrogen-bond donors (Lipinski definition) is 3. The van der Waals surface area contributed by atoms with Crippen LogP contribution in [0.4, 0.5) is 0 Å². The van der Waals surface area contributed by atoms with Gasteiger partial charge in [-0.15, -0.1) is 0 Å². The summed E-state index contributed by atoms with van der Waals surface area (Å²) >= 11 is 0. The van der Waals surface area contributed by atoms with Gasteiger partial charge in [0.05, 0.1) is 29.2 Å². The van der Waals surface area contributed by atoms with E-state index in [-0.39, 0.29) is 17.8 Å². The number of dihydropyridines is 1. The summed E-state index contributed by atoms with van der Waals surface area (Å²) in [7, 11) is 0. The number of benzene rings is 1. The van der Waals surface area contributed by atoms with Crippen LogP contribution in [0.1, 0.15) is 55.5 Å². The van der Waals surface area contributed by atoms with E-state index in [4.69, 9.17) is 4.74 Å². The maximum Gasteiger partial charge on any atom is 0.338 e. The van der Waals surface area contributed by atoms with Gasteiger partial charge in [0.15, 0.2) is 0 Å². The number of rotatable bonds is 7. The van der Waals surface area contributed by atoms with Gasteiger partial charge in [-0.3, -0.25) is 0 Å². The summed E-state index contributed by atoms with van der Waals surface area (Å²) in [5.41, 5.74) is 1.82. The van der Waals surface area contributed by atoms with E-state index in [2.05, 4.69) is 5.32 Å². The third-order valence-electron chi connectivity index (χ3n) is 4.45. The summed E-state index contributed by atoms with van der Waals surface area (Å²) in [5, 5.41) is 22.5. The summed E-state index contributed by atoms with van der Waals surface area (Å²) in [5.74, 6) is -3.76. The number of carboxylic acids is 2. The van der Waals surface area contributed by atoms with Gasteiger partial charge < -0.3 is 20.3 Å². The van der Waals surface area contributed by atoms with Gasteiger partial charge in [0.25, 0.3) is 0 Å². The van der Waals surface area contributed by atoms with Crippen LogP contribution in [0.2, 0.25) is 0 Å². The highest BCUT2D eigenvalue weighted by molar-refractivity contribution is 5.98. The minimum Gasteiger partial charge on any atom is -0.478 e. The largest absolute Gasteiger partial charge is 0.478 e. The molecule has 1 aliphatic rings. The number of ether oxygens (including phenoxy) is 1. The van der Waals surface area contributed by atoms with Crippen molar-refractivity contribution in [2.24, 2.45) is 0 Å². The van der Waals surface area contributed by atoms with E-state index in [9.17, 15) is 24.6 Å². The number of nitrogens with one attached hydrogen (secondary N) is 1. The minimum absolute atomic E-state index is 0.0102. The molecule has 0 unspecified atom stereocenters. The SMILES string of the molecule is CCOC(=O)c1ccc(C2C(C(=O)O)=C(CC)NC(CC)=C2C(=O)O)cc1. The standard InChI is InChI=1S/C20H23NO6/c1-4-13-16(18(22)23)15(17(19(24)25)14(5-2)21-13)11-7-9-12(10-8-11)20(26)27-6-3/h7-10,15,21H,4-6H2,1-3H3,(H,22,23)(H,24,25). The molecule has 0 aromatic heterocycles. The zero-order chi connectivity index (χ0) is 20.1. The highest BCUT2D eigenvalue weighted by atomic mass is 16.5. The molecule has 1 heterocycles. The van der Waals surface area contributed by atoms with Gasteiger partial charge in [0.2, 0.25) is 0 Å². The monoisotopic (exact) mass is 373 g/mol. The predicted octanol–water partition coefficient (Wildman–Crippen LogP) is 3.05. The van der Waals surface area contributed by atoms with E-state index in [1.54, 1.807) is 19.1 Å². The lowest BCUT2D eigenvalue weighted by molar-refractivity contribution is -0.133. The molecule has 2 rings (SSSR count). The Morgan fingerprint density at radius 3 is 1.78 bits per heavy atom. The predicted molar refractivity (Wildman–Crippen MR) is 98.2 cm³/mol. The Bertz CT molecular complexity index is 781. The molecule has 0 spiro atoms. The second-order valence-electron chi connectivity index (χ2n) is 6.00. The fourth-order valence-electron chi connectivity index (χ4n) is 3.23. The van der Waals surface area contributed by atoms with Crippen LogP contribution in [0.15, 0.2) is 46.8 Å². The topological polar surface area (TPSA) is 113 Å². The number of aliphatic carboxylic acids is 2. The Labute approximate surface area is 157 Å². The van der Waals surface area contributed by atoms with Crippen molar-refractivity contribution in [3.05, 3.63) is 57.9 Å². The van der Waals surface area contributed by atoms with Crippen LogP contribution in [0.25, 0.3) is 0 Å². The van der Waals surface area contributed by atoms with Crippen molar-refractivity contribution < 1.29 is 29.3 Å². The fourth-order valence-corrected chi connectivity index (χ4v) is 3.23. The summed E-state index contributed by atoms with van der Waals surface area (Å²) in [4.78, 5) is 35.7. The quantitative estimate of drug-likeness (QED) is 0.630. The van der Waals surface area contributed by atoms with Crippen molar-refractivity contribution in [3.63, 3.8) is 0 Å². The normalized spacial score (nSPS) is 14.8. The third kappa shape index (κ3) is 4.02. The molecule has 0 saturated carbocycles. The Balaban J connectivity index is 2.62. The van der Waals surface area contributed by atoms with E-state index < -0.39 is 23.8 Å². The first-order valence-electron chi connectivity index (χ1n) is 8.82. The van der Waals surface area contributed by atoms with E-state index >= 15 is 0 Å². The second-order valence-corrected chi connectivity index (χ2v) is 6.00. The molecular formula is C20H23NO6. The van der Waals surface area contributed by atoms with Gasteiger partial charge in [-0.05, 0) is 37.5 Å². The summed E-state index contributed by atoms with van der Waals surface area (Å²) in [6.07, 6.45) is 0.852. The Morgan fingerprint density at radius 2 is 1.41 bits per heavy atom. The highest BCUT2D eigenvalue weighted by Gasteiger charge is 2.37. The van der Waals surface area contributed by atoms with E-state index in [0.717, 1.165) is 0 Å². The maximum atomic E-state index is 11.9. The average molecular weight is 373 g/mol. The minimum atomic E-state index is -1.17. The first-order chi connectivity index (χ1) is 12.8. The first kappa shape index (κ1) is 20.2. The molecule has 3 N–H and O–H groups in total. The molecule has 144 valence electrons. The van der Waals surface area contributed by atoms with Gasteiger partial charge in [0.1, 0.15) is 0 Å². The molecule has 1 aliphatic heterocycles. The van der Waals surface area contributed by atoms with Gasteiger partial charge >= 0.3 is 17.9 Å². The van der Waals surface area contributed by atoms with Crippen molar-refractivity contribution >= 4 is 17.9 Å². The van der Waals surface area contributed by atoms with Crippen LogP contribution in [0, 0.1) is 0 Å². The molecule has 0 aliphatic carbocycles. The lowest BCUT2D eigenvalue weighted by Crippen LogP contribution is -2.32. The van der Waals surface area contributed by atoms with Crippen LogP contribution in [0.3, 0.4) is 0 Å². The molecule has 0 saturated heterocycles. The van der Waals surface area contributed by atoms with Gasteiger partial charge in [-0.1, -0.05) is 26.0 Å². The van der Waals surface area contributed by atoms with Crippen molar-refractivity contribution in [2.45, 2.75) is 39.5 Å². The molecule has 0 bridgehead atoms. The van der Waals surface area contributed by atoms with Crippen LogP contribution in [-0.4, -0.2) is 34.7 Å². The van der Waals surface area contributed by atoms with Crippen molar-refractivity contribution in [2.75, 3.05) is 6.61 Å². The van der Waals surface area contributed by atoms with E-state index in [1.807, 2.05) is 13.8 Å². The fraction of sp³-hybridized carbons (Fsp3) is 0.350. The average Bonchev–Trinajstić information content (AvgIpc) is 2.66. The lowest BCUT2D eigenvalue weighted by atomic mass is 9.79. The number of allylic oxidation sites excluding steroid dienone is 2. The van der Waals surface area contributed by atoms with Gasteiger partial charge in [-0.2, -0.15) is 0 Å². The van der Waals surface area contributed by atoms with Crippen LogP contribution >= 0.6 is 0 Å². The first-order valence-corrected chi connectivity index (χ1v) is 8.82. The summed E-state index contributed by atoms with van der Waals surface area (Å²) in [6.45, 7) is 5.57. The van der Waals surface area contributed by atoms with Gasteiger partial charge in [-0.25, -0.2) is 14.4 Å². The molecule has 27 heavy (non-hydrogen) atoms. The van der Waals surface area contributed by atoms with Crippen LogP contribution in [0.5, 0.6) is 0 Å². The van der Waals surface area contributed by atoms with Crippen LogP contribution < -0.4 is 5.32 Å². The second kappa shape index (κ2) is 8.53. The third-order valence-corrected chi connectivity index (χ3v) is 4.45. The Kier molecular flexibility index (Phi) is 6.39. The molecule has 0 atom stereocenters. The Hall–Kier alpha value is -3.09. The molecule has 7 nitrogen and oxygen atoms in total. The molecular weight excluding hydrogens is 350 g/mol. The molecule has 1 aromatic carbocycles. The summed E-state index contributed by atoms with van der Waals surface area (Å²) in [6, 6.07) is 6.19. The number of esters is 1. The Morgan fingerprint density at radius 1 is 0.926 bits per heavy atom. The number of hydrogen-bond acceptors (Lipinski definition) is 5. The number of carbonyl (C=O) groups excluding carboxylic acids is 1. The number of carbonyl (C=O) groups is 3. The molecule has 0 radical (unpaired) electrons. The van der Waals surface area contributed by atoms with Crippen LogP contribution in [-0.2, 0) is 14.3 Å². The molecule has 7 heteroatoms. The van der Waals surface area contributed by atoms with Crippen molar-refractivity contribution in [1.82, 2.24) is 5.32 Å². The number of carboxylic acid groups (broad SMARTS) is 2. The zero-order valence-electron chi connectivity index (χ0n) is 15.5. The lowest BCUT2D eigenvalue weighted by Gasteiger charge is -2.30. The summed E-state index contributed by atoms with van der Waals surface area (Å²) < 4.78 is 4.95. The zero-order valence-corrected chi connectivity index (χ0v) is 15.5. The van der Waals surface area contributed by atoms with Gasteiger partial charge in [0, 0.05) is 11.4 Å². The van der Waals surface area contributed by atoms with E-state index in [1.165, 1.54) is 12.1 Å². The van der Waals surface area contributed by atoms with Crippen molar-refractivity contribution in [3.8, 4) is 0 Å². The highest BCUT2D eigenvalue weighted by Crippen LogP contribution is 2.39. The van der Waals surface area contributed by atoms with E-state index in [0.29, 0.717) is 35.4 Å².